The summed E-state index contributed by atoms with van der Waals surface area (Å²) in [5.41, 5.74) is -0.0763. The minimum Gasteiger partial charge on any atom is -0.465 e. The van der Waals surface area contributed by atoms with E-state index in [9.17, 15) is 18.0 Å². The first-order chi connectivity index (χ1) is 10.3. The lowest BCUT2D eigenvalue weighted by molar-refractivity contribution is -0.137. The van der Waals surface area contributed by atoms with Crippen LogP contribution in [0.5, 0.6) is 0 Å². The van der Waals surface area contributed by atoms with Gasteiger partial charge in [-0.1, -0.05) is 15.9 Å². The molecule has 4 nitrogen and oxygen atoms in total. The van der Waals surface area contributed by atoms with Gasteiger partial charge in [-0.2, -0.15) is 13.2 Å². The molecule has 2 rings (SSSR count). The third-order valence-corrected chi connectivity index (χ3v) is 4.46. The summed E-state index contributed by atoms with van der Waals surface area (Å²) in [7, 11) is 0. The lowest BCUT2D eigenvalue weighted by Crippen LogP contribution is -2.43. The minimum absolute atomic E-state index is 0.0845. The summed E-state index contributed by atoms with van der Waals surface area (Å²) in [5, 5.41) is 11.1. The van der Waals surface area contributed by atoms with Crippen LogP contribution >= 0.6 is 15.9 Å². The molecule has 122 valence electrons. The summed E-state index contributed by atoms with van der Waals surface area (Å²) >= 11 is 3.28. The predicted molar refractivity (Wildman–Crippen MR) is 78.6 cm³/mol. The van der Waals surface area contributed by atoms with Crippen molar-refractivity contribution in [3.63, 3.8) is 0 Å². The van der Waals surface area contributed by atoms with Gasteiger partial charge in [-0.25, -0.2) is 4.79 Å². The highest BCUT2D eigenvalue weighted by molar-refractivity contribution is 9.10. The van der Waals surface area contributed by atoms with Crippen molar-refractivity contribution in [2.24, 2.45) is 0 Å². The number of carbonyl (C=O) groups is 1. The number of hydrogen-bond donors (Lipinski definition) is 2. The van der Waals surface area contributed by atoms with E-state index in [0.29, 0.717) is 42.5 Å². The Bertz CT molecular complexity index is 543. The molecule has 8 heteroatoms. The SMILES string of the molecule is O=C(O)NC1CCN(Cc2cc(C(F)(F)F)ccc2Br)CC1. The normalized spacial score (nSPS) is 17.5. The molecule has 0 atom stereocenters. The highest BCUT2D eigenvalue weighted by Crippen LogP contribution is 2.32. The molecule has 0 spiro atoms. The first-order valence-electron chi connectivity index (χ1n) is 6.83. The Morgan fingerprint density at radius 3 is 2.55 bits per heavy atom. The van der Waals surface area contributed by atoms with Gasteiger partial charge in [0.15, 0.2) is 0 Å². The van der Waals surface area contributed by atoms with Crippen molar-refractivity contribution in [3.8, 4) is 0 Å². The van der Waals surface area contributed by atoms with Crippen LogP contribution in [-0.2, 0) is 12.7 Å². The molecule has 1 amide bonds. The molecule has 1 saturated heterocycles. The maximum Gasteiger partial charge on any atom is 0.416 e. The number of alkyl halides is 3. The van der Waals surface area contributed by atoms with Gasteiger partial charge in [0.05, 0.1) is 5.56 Å². The zero-order valence-corrected chi connectivity index (χ0v) is 13.2. The minimum atomic E-state index is -4.35. The average Bonchev–Trinajstić information content (AvgIpc) is 2.41. The van der Waals surface area contributed by atoms with Gasteiger partial charge in [-0.05, 0) is 36.6 Å². The molecule has 1 aromatic rings. The van der Waals surface area contributed by atoms with Crippen molar-refractivity contribution in [2.45, 2.75) is 31.6 Å². The van der Waals surface area contributed by atoms with E-state index in [-0.39, 0.29) is 6.04 Å². The molecule has 2 N–H and O–H groups in total. The molecule has 1 aliphatic heterocycles. The van der Waals surface area contributed by atoms with Gasteiger partial charge >= 0.3 is 12.3 Å². The second kappa shape index (κ2) is 6.87. The molecule has 0 aromatic heterocycles. The highest BCUT2D eigenvalue weighted by Gasteiger charge is 2.31. The number of carboxylic acid groups (broad SMARTS) is 1. The lowest BCUT2D eigenvalue weighted by atomic mass is 10.0. The molecule has 0 radical (unpaired) electrons. The lowest BCUT2D eigenvalue weighted by Gasteiger charge is -2.32. The van der Waals surface area contributed by atoms with Crippen molar-refractivity contribution >= 4 is 22.0 Å². The van der Waals surface area contributed by atoms with E-state index in [1.165, 1.54) is 6.07 Å². The van der Waals surface area contributed by atoms with E-state index in [4.69, 9.17) is 5.11 Å². The van der Waals surface area contributed by atoms with Gasteiger partial charge in [0, 0.05) is 30.1 Å². The van der Waals surface area contributed by atoms with Crippen molar-refractivity contribution in [1.82, 2.24) is 10.2 Å². The summed E-state index contributed by atoms with van der Waals surface area (Å²) in [6, 6.07) is 3.54. The Morgan fingerprint density at radius 2 is 2.00 bits per heavy atom. The van der Waals surface area contributed by atoms with Crippen molar-refractivity contribution < 1.29 is 23.1 Å². The maximum atomic E-state index is 12.8. The van der Waals surface area contributed by atoms with Crippen LogP contribution in [0, 0.1) is 0 Å². The van der Waals surface area contributed by atoms with Crippen LogP contribution in [-0.4, -0.2) is 35.2 Å². The molecule has 1 aliphatic rings. The topological polar surface area (TPSA) is 52.6 Å². The third-order valence-electron chi connectivity index (χ3n) is 3.68. The fourth-order valence-electron chi connectivity index (χ4n) is 2.52. The van der Waals surface area contributed by atoms with Gasteiger partial charge in [0.25, 0.3) is 0 Å². The summed E-state index contributed by atoms with van der Waals surface area (Å²) in [6.45, 7) is 1.70. The van der Waals surface area contributed by atoms with Crippen LogP contribution in [0.4, 0.5) is 18.0 Å². The van der Waals surface area contributed by atoms with Crippen molar-refractivity contribution in [2.75, 3.05) is 13.1 Å². The molecule has 0 aliphatic carbocycles. The molecule has 1 aromatic carbocycles. The molecule has 0 bridgehead atoms. The molecule has 1 fully saturated rings. The summed E-state index contributed by atoms with van der Waals surface area (Å²) in [6.07, 6.45) is -4.08. The van der Waals surface area contributed by atoms with Crippen LogP contribution < -0.4 is 5.32 Å². The average molecular weight is 381 g/mol. The summed E-state index contributed by atoms with van der Waals surface area (Å²) in [4.78, 5) is 12.6. The largest absolute Gasteiger partial charge is 0.465 e. The zero-order chi connectivity index (χ0) is 16.3. The predicted octanol–water partition coefficient (Wildman–Crippen LogP) is 3.70. The quantitative estimate of drug-likeness (QED) is 0.840. The first-order valence-corrected chi connectivity index (χ1v) is 7.62. The number of benzene rings is 1. The monoisotopic (exact) mass is 380 g/mol. The summed E-state index contributed by atoms with van der Waals surface area (Å²) in [5.74, 6) is 0. The fourth-order valence-corrected chi connectivity index (χ4v) is 2.90. The summed E-state index contributed by atoms with van der Waals surface area (Å²) < 4.78 is 38.9. The number of nitrogens with zero attached hydrogens (tertiary/aromatic N) is 1. The van der Waals surface area contributed by atoms with E-state index in [1.54, 1.807) is 0 Å². The number of piperidine rings is 1. The Hall–Kier alpha value is -1.28. The Balaban J connectivity index is 1.99. The van der Waals surface area contributed by atoms with E-state index < -0.39 is 17.8 Å². The van der Waals surface area contributed by atoms with Crippen molar-refractivity contribution in [3.05, 3.63) is 33.8 Å². The van der Waals surface area contributed by atoms with Gasteiger partial charge in [-0.15, -0.1) is 0 Å². The first kappa shape index (κ1) is 17.1. The van der Waals surface area contributed by atoms with Gasteiger partial charge in [0.2, 0.25) is 0 Å². The van der Waals surface area contributed by atoms with Gasteiger partial charge < -0.3 is 10.4 Å². The fraction of sp³-hybridized carbons (Fsp3) is 0.500. The Kier molecular flexibility index (Phi) is 5.33. The zero-order valence-electron chi connectivity index (χ0n) is 11.7. The van der Waals surface area contributed by atoms with Crippen LogP contribution in [0.25, 0.3) is 0 Å². The number of halogens is 4. The molecule has 22 heavy (non-hydrogen) atoms. The number of nitrogens with one attached hydrogen (secondary N) is 1. The van der Waals surface area contributed by atoms with E-state index in [1.807, 2.05) is 4.90 Å². The Labute approximate surface area is 134 Å². The van der Waals surface area contributed by atoms with Gasteiger partial charge in [-0.3, -0.25) is 4.90 Å². The molecule has 1 heterocycles. The van der Waals surface area contributed by atoms with E-state index >= 15 is 0 Å². The van der Waals surface area contributed by atoms with Crippen LogP contribution in [0.1, 0.15) is 24.0 Å². The second-order valence-electron chi connectivity index (χ2n) is 5.30. The van der Waals surface area contributed by atoms with E-state index in [2.05, 4.69) is 21.2 Å². The number of rotatable bonds is 3. The molecule has 0 saturated carbocycles. The van der Waals surface area contributed by atoms with E-state index in [0.717, 1.165) is 12.1 Å². The highest BCUT2D eigenvalue weighted by atomic mass is 79.9. The number of amides is 1. The number of hydrogen-bond acceptors (Lipinski definition) is 2. The Morgan fingerprint density at radius 1 is 1.36 bits per heavy atom. The smallest absolute Gasteiger partial charge is 0.416 e. The third kappa shape index (κ3) is 4.61. The second-order valence-corrected chi connectivity index (χ2v) is 6.16. The molecular weight excluding hydrogens is 365 g/mol. The standard InChI is InChI=1S/C14H16BrF3N2O2/c15-12-2-1-10(14(16,17)18)7-9(12)8-20-5-3-11(4-6-20)19-13(21)22/h1-2,7,11,19H,3-6,8H2,(H,21,22). The maximum absolute atomic E-state index is 12.8. The van der Waals surface area contributed by atoms with Crippen LogP contribution in [0.2, 0.25) is 0 Å². The van der Waals surface area contributed by atoms with Crippen molar-refractivity contribution in [1.29, 1.82) is 0 Å². The molecule has 0 unspecified atom stereocenters. The van der Waals surface area contributed by atoms with Gasteiger partial charge in [0.1, 0.15) is 0 Å². The van der Waals surface area contributed by atoms with Crippen LogP contribution in [0.15, 0.2) is 22.7 Å². The number of likely N-dealkylation sites (tertiary alicyclic amines) is 1. The molecular formula is C14H16BrF3N2O2. The van der Waals surface area contributed by atoms with Crippen LogP contribution in [0.3, 0.4) is 0 Å².